The Balaban J connectivity index is 1.23. The molecular formula is C43H26N4O2. The molecular weight excluding hydrogens is 604 g/mol. The standard InChI is InChI=1S/C43H26N4O2/c44-27-28-17-19-29(20-18-28)45-34-23-21-30(46-36-9-1-5-13-40(36)48-41-14-6-2-10-37(41)46)25-32(34)33-26-31(22-24-35(33)45)47-38-11-3-7-15-42(38)49-43-16-8-4-12-39(43)47/h1-26H. The maximum atomic E-state index is 9.51. The highest BCUT2D eigenvalue weighted by molar-refractivity contribution is 6.12. The minimum atomic E-state index is 0.628. The number of rotatable bonds is 3. The molecule has 6 nitrogen and oxygen atoms in total. The maximum absolute atomic E-state index is 9.51. The third-order valence-corrected chi connectivity index (χ3v) is 9.37. The van der Waals surface area contributed by atoms with Crippen molar-refractivity contribution in [3.05, 3.63) is 163 Å². The molecule has 0 saturated heterocycles. The molecule has 8 aromatic rings. The number of fused-ring (bicyclic) bond motifs is 7. The first-order valence-electron chi connectivity index (χ1n) is 16.2. The zero-order valence-electron chi connectivity index (χ0n) is 26.1. The summed E-state index contributed by atoms with van der Waals surface area (Å²) in [5.74, 6) is 3.25. The minimum Gasteiger partial charge on any atom is -0.453 e. The highest BCUT2D eigenvalue weighted by Gasteiger charge is 2.28. The van der Waals surface area contributed by atoms with Crippen LogP contribution >= 0.6 is 0 Å². The normalized spacial score (nSPS) is 12.7. The summed E-state index contributed by atoms with van der Waals surface area (Å²) in [5, 5.41) is 11.7. The van der Waals surface area contributed by atoms with Crippen LogP contribution in [0.3, 0.4) is 0 Å². The van der Waals surface area contributed by atoms with Gasteiger partial charge in [-0.2, -0.15) is 5.26 Å². The SMILES string of the molecule is N#Cc1ccc(-n2c3ccc(N4c5ccccc5Oc5ccccc54)cc3c3cc(N4c5ccccc5Oc5ccccc54)ccc32)cc1. The largest absolute Gasteiger partial charge is 0.453 e. The topological polar surface area (TPSA) is 53.7 Å². The first-order chi connectivity index (χ1) is 24.2. The number of para-hydroxylation sites is 8. The number of ether oxygens (including phenoxy) is 2. The van der Waals surface area contributed by atoms with Crippen molar-refractivity contribution in [2.24, 2.45) is 0 Å². The van der Waals surface area contributed by atoms with Gasteiger partial charge in [-0.1, -0.05) is 48.5 Å². The molecule has 0 unspecified atom stereocenters. The molecule has 1 aromatic heterocycles. The first kappa shape index (κ1) is 27.2. The van der Waals surface area contributed by atoms with Gasteiger partial charge in [0.05, 0.1) is 45.4 Å². The van der Waals surface area contributed by atoms with Crippen LogP contribution in [0.5, 0.6) is 23.0 Å². The Morgan fingerprint density at radius 1 is 0.408 bits per heavy atom. The fourth-order valence-electron chi connectivity index (χ4n) is 7.21. The molecule has 0 amide bonds. The van der Waals surface area contributed by atoms with E-state index in [4.69, 9.17) is 9.47 Å². The molecule has 0 atom stereocenters. The molecule has 0 aliphatic carbocycles. The van der Waals surface area contributed by atoms with Gasteiger partial charge in [-0.05, 0) is 109 Å². The van der Waals surface area contributed by atoms with Gasteiger partial charge in [0.15, 0.2) is 23.0 Å². The molecule has 230 valence electrons. The molecule has 0 fully saturated rings. The van der Waals surface area contributed by atoms with Crippen molar-refractivity contribution in [1.82, 2.24) is 4.57 Å². The lowest BCUT2D eigenvalue weighted by Gasteiger charge is -2.33. The van der Waals surface area contributed by atoms with Crippen LogP contribution in [0.15, 0.2) is 158 Å². The number of nitriles is 1. The molecule has 0 bridgehead atoms. The van der Waals surface area contributed by atoms with Crippen LogP contribution in [0.25, 0.3) is 27.5 Å². The van der Waals surface area contributed by atoms with E-state index in [0.717, 1.165) is 84.6 Å². The summed E-state index contributed by atoms with van der Waals surface area (Å²) in [7, 11) is 0. The number of anilines is 6. The van der Waals surface area contributed by atoms with Gasteiger partial charge in [-0.3, -0.25) is 0 Å². The first-order valence-corrected chi connectivity index (χ1v) is 16.2. The Hall–Kier alpha value is -6.97. The van der Waals surface area contributed by atoms with E-state index >= 15 is 0 Å². The predicted octanol–water partition coefficient (Wildman–Crippen LogP) is 11.8. The fraction of sp³-hybridized carbons (Fsp3) is 0. The van der Waals surface area contributed by atoms with E-state index in [-0.39, 0.29) is 0 Å². The Labute approximate surface area is 282 Å². The van der Waals surface area contributed by atoms with Crippen molar-refractivity contribution >= 4 is 55.9 Å². The van der Waals surface area contributed by atoms with Crippen LogP contribution in [0.4, 0.5) is 34.1 Å². The molecule has 2 aliphatic rings. The van der Waals surface area contributed by atoms with E-state index in [9.17, 15) is 5.26 Å². The molecule has 49 heavy (non-hydrogen) atoms. The van der Waals surface area contributed by atoms with Crippen LogP contribution in [0.1, 0.15) is 5.56 Å². The average Bonchev–Trinajstić information content (AvgIpc) is 3.48. The number of nitrogens with zero attached hydrogens (tertiary/aromatic N) is 4. The van der Waals surface area contributed by atoms with Crippen LogP contribution in [-0.4, -0.2) is 4.57 Å². The van der Waals surface area contributed by atoms with Crippen LogP contribution in [-0.2, 0) is 0 Å². The lowest BCUT2D eigenvalue weighted by Crippen LogP contribution is -2.15. The summed E-state index contributed by atoms with van der Waals surface area (Å²) < 4.78 is 14.9. The van der Waals surface area contributed by atoms with Crippen molar-refractivity contribution in [2.75, 3.05) is 9.80 Å². The monoisotopic (exact) mass is 630 g/mol. The zero-order chi connectivity index (χ0) is 32.5. The molecule has 6 heteroatoms. The van der Waals surface area contributed by atoms with Crippen molar-refractivity contribution in [1.29, 1.82) is 5.26 Å². The van der Waals surface area contributed by atoms with Gasteiger partial charge in [0, 0.05) is 27.8 Å². The van der Waals surface area contributed by atoms with Crippen molar-refractivity contribution in [2.45, 2.75) is 0 Å². The van der Waals surface area contributed by atoms with Gasteiger partial charge in [0.25, 0.3) is 0 Å². The average molecular weight is 631 g/mol. The van der Waals surface area contributed by atoms with Crippen LogP contribution < -0.4 is 19.3 Å². The molecule has 2 aliphatic heterocycles. The van der Waals surface area contributed by atoms with Gasteiger partial charge < -0.3 is 23.8 Å². The van der Waals surface area contributed by atoms with E-state index in [0.29, 0.717) is 5.56 Å². The number of hydrogen-bond acceptors (Lipinski definition) is 5. The lowest BCUT2D eigenvalue weighted by atomic mass is 10.1. The molecule has 0 spiro atoms. The summed E-state index contributed by atoms with van der Waals surface area (Å²) in [4.78, 5) is 4.55. The summed E-state index contributed by atoms with van der Waals surface area (Å²) in [6, 6.07) is 56.0. The molecule has 3 heterocycles. The fourth-order valence-corrected chi connectivity index (χ4v) is 7.21. The van der Waals surface area contributed by atoms with E-state index in [2.05, 4.69) is 81.1 Å². The smallest absolute Gasteiger partial charge is 0.151 e. The van der Waals surface area contributed by atoms with Gasteiger partial charge in [0.2, 0.25) is 0 Å². The Morgan fingerprint density at radius 2 is 0.776 bits per heavy atom. The predicted molar refractivity (Wildman–Crippen MR) is 195 cm³/mol. The third-order valence-electron chi connectivity index (χ3n) is 9.37. The van der Waals surface area contributed by atoms with Gasteiger partial charge in [-0.15, -0.1) is 0 Å². The molecule has 7 aromatic carbocycles. The summed E-state index contributed by atoms with van der Waals surface area (Å²) in [5.41, 5.74) is 9.75. The molecule has 10 rings (SSSR count). The van der Waals surface area contributed by atoms with Crippen LogP contribution in [0.2, 0.25) is 0 Å². The van der Waals surface area contributed by atoms with E-state index in [1.54, 1.807) is 0 Å². The quantitative estimate of drug-likeness (QED) is 0.194. The zero-order valence-corrected chi connectivity index (χ0v) is 26.1. The minimum absolute atomic E-state index is 0.628. The second-order valence-electron chi connectivity index (χ2n) is 12.1. The van der Waals surface area contributed by atoms with Crippen molar-refractivity contribution < 1.29 is 9.47 Å². The molecule has 0 saturated carbocycles. The summed E-state index contributed by atoms with van der Waals surface area (Å²) in [6.45, 7) is 0. The summed E-state index contributed by atoms with van der Waals surface area (Å²) in [6.07, 6.45) is 0. The molecule has 0 radical (unpaired) electrons. The van der Waals surface area contributed by atoms with E-state index in [1.165, 1.54) is 0 Å². The number of benzene rings is 7. The highest BCUT2D eigenvalue weighted by atomic mass is 16.5. The van der Waals surface area contributed by atoms with Gasteiger partial charge >= 0.3 is 0 Å². The Kier molecular flexibility index (Phi) is 5.84. The maximum Gasteiger partial charge on any atom is 0.151 e. The van der Waals surface area contributed by atoms with E-state index in [1.807, 2.05) is 97.1 Å². The Bertz CT molecular complexity index is 2410. The number of aromatic nitrogens is 1. The second kappa shape index (κ2) is 10.5. The van der Waals surface area contributed by atoms with Gasteiger partial charge in [-0.25, -0.2) is 0 Å². The second-order valence-corrected chi connectivity index (χ2v) is 12.1. The number of hydrogen-bond donors (Lipinski definition) is 0. The molecule has 0 N–H and O–H groups in total. The van der Waals surface area contributed by atoms with E-state index < -0.39 is 0 Å². The van der Waals surface area contributed by atoms with Crippen molar-refractivity contribution in [3.8, 4) is 34.8 Å². The lowest BCUT2D eigenvalue weighted by molar-refractivity contribution is 0.477. The summed E-state index contributed by atoms with van der Waals surface area (Å²) >= 11 is 0. The van der Waals surface area contributed by atoms with Gasteiger partial charge in [0.1, 0.15) is 0 Å². The Morgan fingerprint density at radius 3 is 1.16 bits per heavy atom. The highest BCUT2D eigenvalue weighted by Crippen LogP contribution is 2.53. The van der Waals surface area contributed by atoms with Crippen molar-refractivity contribution in [3.63, 3.8) is 0 Å². The third kappa shape index (κ3) is 4.13. The van der Waals surface area contributed by atoms with Crippen LogP contribution in [0, 0.1) is 11.3 Å².